The van der Waals surface area contributed by atoms with Gasteiger partial charge in [0, 0.05) is 37.9 Å². The number of nitrogens with zero attached hydrogens (tertiary/aromatic N) is 3. The average Bonchev–Trinajstić information content (AvgIpc) is 2.56. The summed E-state index contributed by atoms with van der Waals surface area (Å²) in [6.07, 6.45) is 0. The summed E-state index contributed by atoms with van der Waals surface area (Å²) < 4.78 is 27.0. The predicted molar refractivity (Wildman–Crippen MR) is 83.9 cm³/mol. The lowest BCUT2D eigenvalue weighted by Gasteiger charge is -2.37. The fourth-order valence-electron chi connectivity index (χ4n) is 2.72. The molecular weight excluding hydrogens is 304 g/mol. The van der Waals surface area contributed by atoms with Gasteiger partial charge < -0.3 is 9.80 Å². The second-order valence-electron chi connectivity index (χ2n) is 5.34. The van der Waals surface area contributed by atoms with E-state index in [0.717, 1.165) is 11.8 Å². The van der Waals surface area contributed by atoms with Gasteiger partial charge in [0.1, 0.15) is 5.82 Å². The van der Waals surface area contributed by atoms with Crippen molar-refractivity contribution < 1.29 is 13.7 Å². The molecule has 2 aromatic carbocycles. The number of hydrogen-bond donors (Lipinski definition) is 0. The molecule has 0 saturated carbocycles. The number of halogens is 2. The summed E-state index contributed by atoms with van der Waals surface area (Å²) in [6.45, 7) is 2.52. The first-order valence-corrected chi connectivity index (χ1v) is 7.24. The minimum absolute atomic E-state index is 0.254. The van der Waals surface area contributed by atoms with Gasteiger partial charge in [-0.1, -0.05) is 0 Å². The summed E-state index contributed by atoms with van der Waals surface area (Å²) in [7, 11) is 0. The number of benzene rings is 2. The van der Waals surface area contributed by atoms with Gasteiger partial charge in [-0.15, -0.1) is 0 Å². The maximum absolute atomic E-state index is 14.1. The molecule has 1 aliphatic rings. The molecule has 1 aliphatic heterocycles. The highest BCUT2D eigenvalue weighted by atomic mass is 19.1. The van der Waals surface area contributed by atoms with Crippen LogP contribution in [0.15, 0.2) is 42.5 Å². The highest BCUT2D eigenvalue weighted by Gasteiger charge is 2.21. The highest BCUT2D eigenvalue weighted by molar-refractivity contribution is 5.55. The number of anilines is 2. The van der Waals surface area contributed by atoms with Crippen molar-refractivity contribution in [1.29, 1.82) is 0 Å². The van der Waals surface area contributed by atoms with Gasteiger partial charge in [0.25, 0.3) is 5.69 Å². The lowest BCUT2D eigenvalue weighted by Crippen LogP contribution is -2.46. The molecule has 5 nitrogen and oxygen atoms in total. The summed E-state index contributed by atoms with van der Waals surface area (Å²) >= 11 is 0. The molecule has 0 N–H and O–H groups in total. The van der Waals surface area contributed by atoms with Gasteiger partial charge in [-0.3, -0.25) is 10.1 Å². The third-order valence-corrected chi connectivity index (χ3v) is 3.95. The van der Waals surface area contributed by atoms with E-state index in [1.54, 1.807) is 12.1 Å². The van der Waals surface area contributed by atoms with Crippen LogP contribution < -0.4 is 9.80 Å². The molecule has 1 heterocycles. The molecule has 0 radical (unpaired) electrons. The number of nitro groups is 1. The molecule has 1 fully saturated rings. The standard InChI is InChI=1S/C16H15F2N3O2/c17-12-1-3-13(4-2-12)19-7-9-20(10-8-19)16-6-5-14(21(22)23)11-15(16)18/h1-6,11H,7-10H2. The Morgan fingerprint density at radius 1 is 0.913 bits per heavy atom. The van der Waals surface area contributed by atoms with E-state index >= 15 is 0 Å². The van der Waals surface area contributed by atoms with Crippen LogP contribution in [-0.4, -0.2) is 31.1 Å². The topological polar surface area (TPSA) is 49.6 Å². The summed E-state index contributed by atoms with van der Waals surface area (Å²) in [5.74, 6) is -0.866. The van der Waals surface area contributed by atoms with Crippen molar-refractivity contribution in [3.05, 3.63) is 64.2 Å². The van der Waals surface area contributed by atoms with Crippen LogP contribution >= 0.6 is 0 Å². The Kier molecular flexibility index (Phi) is 4.10. The first kappa shape index (κ1) is 15.2. The number of piperazine rings is 1. The van der Waals surface area contributed by atoms with Crippen molar-refractivity contribution in [3.8, 4) is 0 Å². The van der Waals surface area contributed by atoms with Gasteiger partial charge >= 0.3 is 0 Å². The molecule has 0 bridgehead atoms. The zero-order valence-electron chi connectivity index (χ0n) is 12.3. The van der Waals surface area contributed by atoms with E-state index in [-0.39, 0.29) is 11.5 Å². The minimum Gasteiger partial charge on any atom is -0.368 e. The van der Waals surface area contributed by atoms with Crippen LogP contribution in [0.1, 0.15) is 0 Å². The molecule has 120 valence electrons. The molecule has 23 heavy (non-hydrogen) atoms. The molecule has 1 saturated heterocycles. The number of nitro benzene ring substituents is 1. The molecule has 0 amide bonds. The molecule has 3 rings (SSSR count). The van der Waals surface area contributed by atoms with E-state index in [0.29, 0.717) is 31.9 Å². The van der Waals surface area contributed by atoms with Crippen LogP contribution in [0.4, 0.5) is 25.8 Å². The quantitative estimate of drug-likeness (QED) is 0.644. The molecule has 0 atom stereocenters. The maximum atomic E-state index is 14.1. The predicted octanol–water partition coefficient (Wildman–Crippen LogP) is 3.20. The Bertz CT molecular complexity index is 714. The largest absolute Gasteiger partial charge is 0.368 e. The molecular formula is C16H15F2N3O2. The zero-order valence-corrected chi connectivity index (χ0v) is 12.3. The normalized spacial score (nSPS) is 14.9. The summed E-state index contributed by atoms with van der Waals surface area (Å²) in [6, 6.07) is 9.97. The van der Waals surface area contributed by atoms with Gasteiger partial charge in [-0.25, -0.2) is 8.78 Å². The van der Waals surface area contributed by atoms with Crippen molar-refractivity contribution in [2.45, 2.75) is 0 Å². The van der Waals surface area contributed by atoms with E-state index in [9.17, 15) is 18.9 Å². The fraction of sp³-hybridized carbons (Fsp3) is 0.250. The Morgan fingerprint density at radius 3 is 2.09 bits per heavy atom. The van der Waals surface area contributed by atoms with Gasteiger partial charge in [-0.05, 0) is 30.3 Å². The monoisotopic (exact) mass is 319 g/mol. The summed E-state index contributed by atoms with van der Waals surface area (Å²) in [5, 5.41) is 10.7. The van der Waals surface area contributed by atoms with Gasteiger partial charge in [0.15, 0.2) is 5.82 Å². The van der Waals surface area contributed by atoms with E-state index in [1.165, 1.54) is 24.3 Å². The maximum Gasteiger partial charge on any atom is 0.272 e. The number of rotatable bonds is 3. The number of hydrogen-bond acceptors (Lipinski definition) is 4. The lowest BCUT2D eigenvalue weighted by atomic mass is 10.2. The van der Waals surface area contributed by atoms with E-state index in [2.05, 4.69) is 4.90 Å². The molecule has 0 aliphatic carbocycles. The first-order chi connectivity index (χ1) is 11.0. The Balaban J connectivity index is 1.69. The summed E-state index contributed by atoms with van der Waals surface area (Å²) in [4.78, 5) is 14.0. The number of non-ortho nitro benzene ring substituents is 1. The van der Waals surface area contributed by atoms with Crippen LogP contribution in [0.2, 0.25) is 0 Å². The smallest absolute Gasteiger partial charge is 0.272 e. The lowest BCUT2D eigenvalue weighted by molar-refractivity contribution is -0.385. The molecule has 7 heteroatoms. The molecule has 0 unspecified atom stereocenters. The van der Waals surface area contributed by atoms with E-state index in [4.69, 9.17) is 0 Å². The van der Waals surface area contributed by atoms with Gasteiger partial charge in [0.2, 0.25) is 0 Å². The third kappa shape index (κ3) is 3.23. The Morgan fingerprint density at radius 2 is 1.52 bits per heavy atom. The Labute approximate surface area is 131 Å². The van der Waals surface area contributed by atoms with Crippen molar-refractivity contribution in [2.75, 3.05) is 36.0 Å². The van der Waals surface area contributed by atoms with E-state index < -0.39 is 10.7 Å². The summed E-state index contributed by atoms with van der Waals surface area (Å²) in [5.41, 5.74) is 1.04. The van der Waals surface area contributed by atoms with Crippen LogP contribution in [-0.2, 0) is 0 Å². The first-order valence-electron chi connectivity index (χ1n) is 7.24. The van der Waals surface area contributed by atoms with Crippen LogP contribution in [0.25, 0.3) is 0 Å². The van der Waals surface area contributed by atoms with Crippen molar-refractivity contribution in [1.82, 2.24) is 0 Å². The van der Waals surface area contributed by atoms with Gasteiger partial charge in [0.05, 0.1) is 16.7 Å². The molecule has 0 spiro atoms. The Hall–Kier alpha value is -2.70. The second-order valence-corrected chi connectivity index (χ2v) is 5.34. The van der Waals surface area contributed by atoms with Crippen molar-refractivity contribution in [2.24, 2.45) is 0 Å². The second kappa shape index (κ2) is 6.20. The van der Waals surface area contributed by atoms with Crippen LogP contribution in [0, 0.1) is 21.7 Å². The third-order valence-electron chi connectivity index (χ3n) is 3.95. The van der Waals surface area contributed by atoms with E-state index in [1.807, 2.05) is 4.90 Å². The van der Waals surface area contributed by atoms with Crippen molar-refractivity contribution in [3.63, 3.8) is 0 Å². The van der Waals surface area contributed by atoms with Crippen molar-refractivity contribution >= 4 is 17.1 Å². The zero-order chi connectivity index (χ0) is 16.4. The molecule has 2 aromatic rings. The SMILES string of the molecule is O=[N+]([O-])c1ccc(N2CCN(c3ccc(F)cc3)CC2)c(F)c1. The van der Waals surface area contributed by atoms with Crippen LogP contribution in [0.5, 0.6) is 0 Å². The fourth-order valence-corrected chi connectivity index (χ4v) is 2.72. The molecule has 0 aromatic heterocycles. The highest BCUT2D eigenvalue weighted by Crippen LogP contribution is 2.26. The minimum atomic E-state index is -0.612. The average molecular weight is 319 g/mol. The van der Waals surface area contributed by atoms with Crippen LogP contribution in [0.3, 0.4) is 0 Å². The van der Waals surface area contributed by atoms with Gasteiger partial charge in [-0.2, -0.15) is 0 Å².